The summed E-state index contributed by atoms with van der Waals surface area (Å²) in [5, 5.41) is 13.4. The number of nitrogens with two attached hydrogens (primary N) is 1. The Kier molecular flexibility index (Phi) is 6.23. The van der Waals surface area contributed by atoms with E-state index in [4.69, 9.17) is 5.73 Å². The van der Waals surface area contributed by atoms with Gasteiger partial charge in [0.15, 0.2) is 4.90 Å². The van der Waals surface area contributed by atoms with Crippen molar-refractivity contribution in [1.29, 1.82) is 0 Å². The molecule has 0 bridgehead atoms. The molecule has 3 N–H and O–H groups in total. The first-order chi connectivity index (χ1) is 12.3. The van der Waals surface area contributed by atoms with E-state index in [1.807, 2.05) is 0 Å². The zero-order valence-corrected chi connectivity index (χ0v) is 14.6. The molecule has 1 aliphatic heterocycles. The van der Waals surface area contributed by atoms with Crippen LogP contribution in [0.1, 0.15) is 0 Å². The molecule has 11 nitrogen and oxygen atoms in total. The minimum Gasteiger partial charge on any atom is -0.346 e. The highest BCUT2D eigenvalue weighted by atomic mass is 32.2. The van der Waals surface area contributed by atoms with Crippen molar-refractivity contribution < 1.29 is 22.9 Å². The number of nitrogens with zero attached hydrogens (tertiary/aromatic N) is 3. The average molecular weight is 385 g/mol. The van der Waals surface area contributed by atoms with E-state index in [0.717, 1.165) is 10.4 Å². The van der Waals surface area contributed by atoms with Crippen LogP contribution in [0.3, 0.4) is 0 Å². The second-order valence-electron chi connectivity index (χ2n) is 5.49. The van der Waals surface area contributed by atoms with Gasteiger partial charge in [0.05, 0.1) is 18.0 Å². The first-order valence-electron chi connectivity index (χ1n) is 7.75. The lowest BCUT2D eigenvalue weighted by atomic mass is 10.3. The van der Waals surface area contributed by atoms with Crippen molar-refractivity contribution >= 4 is 27.5 Å². The highest BCUT2D eigenvalue weighted by Crippen LogP contribution is 2.26. The number of hydrogen-bond acceptors (Lipinski definition) is 7. The number of carbonyl (C=O) groups excluding carboxylic acids is 2. The second-order valence-corrected chi connectivity index (χ2v) is 7.40. The number of nitrogens with one attached hydrogen (secondary N) is 1. The monoisotopic (exact) mass is 385 g/mol. The molecule has 1 fully saturated rings. The van der Waals surface area contributed by atoms with E-state index in [2.05, 4.69) is 5.32 Å². The molecule has 1 aromatic carbocycles. The van der Waals surface area contributed by atoms with E-state index in [0.29, 0.717) is 0 Å². The van der Waals surface area contributed by atoms with Crippen molar-refractivity contribution in [2.24, 2.45) is 5.73 Å². The number of amides is 2. The minimum atomic E-state index is -4.05. The standard InChI is InChI=1S/C14H19N5O6S/c15-9-13(20)16-10-14(21)17-5-7-18(8-6-17)26(24,25)12-4-2-1-3-11(12)19(22)23/h1-4H,5-10,15H2,(H,16,20). The summed E-state index contributed by atoms with van der Waals surface area (Å²) in [6, 6.07) is 5.13. The predicted octanol–water partition coefficient (Wildman–Crippen LogP) is -1.50. The van der Waals surface area contributed by atoms with Gasteiger partial charge in [-0.2, -0.15) is 4.31 Å². The lowest BCUT2D eigenvalue weighted by molar-refractivity contribution is -0.387. The summed E-state index contributed by atoms with van der Waals surface area (Å²) in [6.45, 7) is -0.188. The summed E-state index contributed by atoms with van der Waals surface area (Å²) in [7, 11) is -4.05. The van der Waals surface area contributed by atoms with Crippen molar-refractivity contribution in [3.63, 3.8) is 0 Å². The van der Waals surface area contributed by atoms with Crippen LogP contribution in [0.4, 0.5) is 5.69 Å². The average Bonchev–Trinajstić information content (AvgIpc) is 2.65. The molecule has 142 valence electrons. The Morgan fingerprint density at radius 1 is 1.19 bits per heavy atom. The minimum absolute atomic E-state index is 0.00492. The van der Waals surface area contributed by atoms with Crippen molar-refractivity contribution in [2.45, 2.75) is 4.90 Å². The van der Waals surface area contributed by atoms with Gasteiger partial charge < -0.3 is 16.0 Å². The van der Waals surface area contributed by atoms with Crippen molar-refractivity contribution in [3.05, 3.63) is 34.4 Å². The smallest absolute Gasteiger partial charge is 0.289 e. The molecule has 1 heterocycles. The largest absolute Gasteiger partial charge is 0.346 e. The molecule has 0 saturated carbocycles. The number of piperazine rings is 1. The van der Waals surface area contributed by atoms with Crippen LogP contribution in [-0.2, 0) is 19.6 Å². The van der Waals surface area contributed by atoms with Gasteiger partial charge in [-0.25, -0.2) is 8.42 Å². The first kappa shape index (κ1) is 19.8. The molecule has 0 aliphatic carbocycles. The summed E-state index contributed by atoms with van der Waals surface area (Å²) in [5.74, 6) is -0.814. The number of benzene rings is 1. The van der Waals surface area contributed by atoms with Crippen LogP contribution in [0, 0.1) is 10.1 Å². The molecule has 0 unspecified atom stereocenters. The Morgan fingerprint density at radius 2 is 1.81 bits per heavy atom. The summed E-state index contributed by atoms with van der Waals surface area (Å²) < 4.78 is 26.5. The van der Waals surface area contributed by atoms with Gasteiger partial charge in [0.1, 0.15) is 0 Å². The predicted molar refractivity (Wildman–Crippen MR) is 90.5 cm³/mol. The number of carbonyl (C=O) groups is 2. The molecule has 0 spiro atoms. The second kappa shape index (κ2) is 8.21. The Hall–Kier alpha value is -2.57. The normalized spacial score (nSPS) is 15.5. The molecule has 2 amide bonds. The third-order valence-electron chi connectivity index (χ3n) is 3.89. The molecular weight excluding hydrogens is 366 g/mol. The molecule has 0 radical (unpaired) electrons. The van der Waals surface area contributed by atoms with Crippen LogP contribution in [0.2, 0.25) is 0 Å². The van der Waals surface area contributed by atoms with Gasteiger partial charge in [-0.3, -0.25) is 19.7 Å². The highest BCUT2D eigenvalue weighted by molar-refractivity contribution is 7.89. The third-order valence-corrected chi connectivity index (χ3v) is 5.84. The number of nitro benzene ring substituents is 1. The number of hydrogen-bond donors (Lipinski definition) is 2. The molecule has 12 heteroatoms. The highest BCUT2D eigenvalue weighted by Gasteiger charge is 2.34. The summed E-state index contributed by atoms with van der Waals surface area (Å²) >= 11 is 0. The Morgan fingerprint density at radius 3 is 2.38 bits per heavy atom. The lowest BCUT2D eigenvalue weighted by Gasteiger charge is -2.33. The topological polar surface area (TPSA) is 156 Å². The Bertz CT molecular complexity index is 804. The van der Waals surface area contributed by atoms with Crippen molar-refractivity contribution in [3.8, 4) is 0 Å². The van der Waals surface area contributed by atoms with Crippen LogP contribution in [0.5, 0.6) is 0 Å². The van der Waals surface area contributed by atoms with Gasteiger partial charge in [0.2, 0.25) is 21.8 Å². The van der Waals surface area contributed by atoms with Crippen LogP contribution in [0.25, 0.3) is 0 Å². The summed E-state index contributed by atoms with van der Waals surface area (Å²) in [4.78, 5) is 34.4. The van der Waals surface area contributed by atoms with Gasteiger partial charge in [-0.05, 0) is 6.07 Å². The van der Waals surface area contributed by atoms with E-state index in [1.165, 1.54) is 23.1 Å². The fourth-order valence-electron chi connectivity index (χ4n) is 2.50. The quantitative estimate of drug-likeness (QED) is 0.446. The summed E-state index contributed by atoms with van der Waals surface area (Å²) in [6.07, 6.45) is 0. The van der Waals surface area contributed by atoms with Gasteiger partial charge in [0.25, 0.3) is 5.69 Å². The molecule has 1 aliphatic rings. The molecule has 26 heavy (non-hydrogen) atoms. The van der Waals surface area contributed by atoms with Gasteiger partial charge in [-0.15, -0.1) is 0 Å². The molecule has 0 atom stereocenters. The first-order valence-corrected chi connectivity index (χ1v) is 9.19. The Labute approximate surface area is 149 Å². The van der Waals surface area contributed by atoms with E-state index in [1.54, 1.807) is 0 Å². The third kappa shape index (κ3) is 4.33. The van der Waals surface area contributed by atoms with Crippen molar-refractivity contribution in [2.75, 3.05) is 39.3 Å². The number of sulfonamides is 1. The molecule has 2 rings (SSSR count). The number of rotatable bonds is 6. The maximum Gasteiger partial charge on any atom is 0.289 e. The molecule has 1 aromatic rings. The molecule has 1 saturated heterocycles. The number of para-hydroxylation sites is 1. The molecule has 0 aromatic heterocycles. The van der Waals surface area contributed by atoms with Crippen LogP contribution >= 0.6 is 0 Å². The van der Waals surface area contributed by atoms with E-state index < -0.39 is 26.5 Å². The Balaban J connectivity index is 2.04. The fourth-order valence-corrected chi connectivity index (χ4v) is 4.08. The maximum absolute atomic E-state index is 12.7. The maximum atomic E-state index is 12.7. The van der Waals surface area contributed by atoms with E-state index in [9.17, 15) is 28.1 Å². The van der Waals surface area contributed by atoms with Gasteiger partial charge >= 0.3 is 0 Å². The van der Waals surface area contributed by atoms with Crippen LogP contribution in [0.15, 0.2) is 29.2 Å². The number of nitro groups is 1. The fraction of sp³-hybridized carbons (Fsp3) is 0.429. The zero-order chi connectivity index (χ0) is 19.3. The lowest BCUT2D eigenvalue weighted by Crippen LogP contribution is -2.52. The zero-order valence-electron chi connectivity index (χ0n) is 13.8. The van der Waals surface area contributed by atoms with Crippen LogP contribution < -0.4 is 11.1 Å². The van der Waals surface area contributed by atoms with E-state index in [-0.39, 0.29) is 50.1 Å². The summed E-state index contributed by atoms with van der Waals surface area (Å²) in [5.41, 5.74) is 4.64. The van der Waals surface area contributed by atoms with Crippen LogP contribution in [-0.4, -0.2) is 73.6 Å². The van der Waals surface area contributed by atoms with Gasteiger partial charge in [-0.1, -0.05) is 12.1 Å². The molecular formula is C14H19N5O6S. The SMILES string of the molecule is NCC(=O)NCC(=O)N1CCN(S(=O)(=O)c2ccccc2[N+](=O)[O-])CC1. The van der Waals surface area contributed by atoms with E-state index >= 15 is 0 Å². The van der Waals surface area contributed by atoms with Gasteiger partial charge in [0, 0.05) is 32.2 Å². The van der Waals surface area contributed by atoms with Crippen molar-refractivity contribution in [1.82, 2.24) is 14.5 Å².